The number of aromatic nitrogens is 1. The minimum absolute atomic E-state index is 0.0843. The fraction of sp³-hybridized carbons (Fsp3) is 0.375. The number of nitrogens with zero attached hydrogens (tertiary/aromatic N) is 1. The van der Waals surface area contributed by atoms with Gasteiger partial charge in [-0.15, -0.1) is 0 Å². The average Bonchev–Trinajstić information content (AvgIpc) is 2.48. The Hall–Kier alpha value is -1.94. The molecule has 3 rings (SSSR count). The summed E-state index contributed by atoms with van der Waals surface area (Å²) < 4.78 is 0. The smallest absolute Gasteiger partial charge is 0.231 e. The molecule has 1 aliphatic heterocycles. The number of piperidine rings is 1. The first kappa shape index (κ1) is 13.1. The number of fused-ring (bicyclic) bond motifs is 1. The molecule has 4 heteroatoms. The van der Waals surface area contributed by atoms with Crippen molar-refractivity contribution in [1.29, 1.82) is 0 Å². The minimum Gasteiger partial charge on any atom is -0.325 e. The van der Waals surface area contributed by atoms with E-state index >= 15 is 0 Å². The van der Waals surface area contributed by atoms with Crippen LogP contribution in [0.25, 0.3) is 10.9 Å². The lowest BCUT2D eigenvalue weighted by Crippen LogP contribution is -2.46. The second-order valence-electron chi connectivity index (χ2n) is 5.67. The van der Waals surface area contributed by atoms with Gasteiger partial charge in [0.15, 0.2) is 0 Å². The predicted octanol–water partition coefficient (Wildman–Crippen LogP) is 2.56. The Labute approximate surface area is 118 Å². The van der Waals surface area contributed by atoms with Gasteiger partial charge in [-0.2, -0.15) is 0 Å². The number of hydrogen-bond donors (Lipinski definition) is 2. The molecule has 4 nitrogen and oxygen atoms in total. The highest BCUT2D eigenvalue weighted by Gasteiger charge is 2.34. The molecule has 1 atom stereocenters. The summed E-state index contributed by atoms with van der Waals surface area (Å²) in [6.07, 6.45) is 3.73. The standard InChI is InChI=1S/C16H19N3O/c1-16(8-4-9-17-11-16)15(20)19-14-7-2-6-13-12(14)5-3-10-18-13/h2-3,5-7,10,17H,4,8-9,11H2,1H3,(H,19,20). The molecule has 0 spiro atoms. The summed E-state index contributed by atoms with van der Waals surface area (Å²) in [5.41, 5.74) is 1.41. The first-order chi connectivity index (χ1) is 9.69. The van der Waals surface area contributed by atoms with Gasteiger partial charge >= 0.3 is 0 Å². The van der Waals surface area contributed by atoms with Crippen LogP contribution in [-0.4, -0.2) is 24.0 Å². The monoisotopic (exact) mass is 269 g/mol. The van der Waals surface area contributed by atoms with E-state index in [1.807, 2.05) is 37.3 Å². The Bertz CT molecular complexity index is 627. The molecule has 1 aliphatic rings. The van der Waals surface area contributed by atoms with Gasteiger partial charge in [0.1, 0.15) is 0 Å². The summed E-state index contributed by atoms with van der Waals surface area (Å²) in [6, 6.07) is 9.68. The molecule has 1 aromatic heterocycles. The third-order valence-corrected chi connectivity index (χ3v) is 4.04. The molecule has 2 aromatic rings. The van der Waals surface area contributed by atoms with Crippen LogP contribution in [-0.2, 0) is 4.79 Å². The quantitative estimate of drug-likeness (QED) is 0.881. The van der Waals surface area contributed by atoms with Crippen molar-refractivity contribution in [2.45, 2.75) is 19.8 Å². The molecule has 1 fully saturated rings. The van der Waals surface area contributed by atoms with Crippen LogP contribution in [0.15, 0.2) is 36.5 Å². The summed E-state index contributed by atoms with van der Waals surface area (Å²) in [4.78, 5) is 16.9. The van der Waals surface area contributed by atoms with Gasteiger partial charge in [-0.1, -0.05) is 6.07 Å². The van der Waals surface area contributed by atoms with E-state index in [1.54, 1.807) is 6.20 Å². The second kappa shape index (κ2) is 5.21. The molecule has 0 aliphatic carbocycles. The number of nitrogens with one attached hydrogen (secondary N) is 2. The number of benzene rings is 1. The highest BCUT2D eigenvalue weighted by molar-refractivity contribution is 6.03. The van der Waals surface area contributed by atoms with Gasteiger partial charge in [0.05, 0.1) is 16.6 Å². The molecule has 1 unspecified atom stereocenters. The maximum Gasteiger partial charge on any atom is 0.231 e. The van der Waals surface area contributed by atoms with Gasteiger partial charge in [0, 0.05) is 18.1 Å². The van der Waals surface area contributed by atoms with Crippen LogP contribution in [0, 0.1) is 5.41 Å². The van der Waals surface area contributed by atoms with Crippen LogP contribution >= 0.6 is 0 Å². The molecule has 20 heavy (non-hydrogen) atoms. The highest BCUT2D eigenvalue weighted by Crippen LogP contribution is 2.29. The van der Waals surface area contributed by atoms with E-state index in [1.165, 1.54) is 0 Å². The maximum atomic E-state index is 12.6. The van der Waals surface area contributed by atoms with Gasteiger partial charge in [-0.25, -0.2) is 0 Å². The molecule has 1 amide bonds. The van der Waals surface area contributed by atoms with Crippen LogP contribution in [0.4, 0.5) is 5.69 Å². The van der Waals surface area contributed by atoms with E-state index in [0.717, 1.165) is 42.5 Å². The van der Waals surface area contributed by atoms with E-state index in [0.29, 0.717) is 0 Å². The van der Waals surface area contributed by atoms with Crippen molar-refractivity contribution in [2.75, 3.05) is 18.4 Å². The fourth-order valence-electron chi connectivity index (χ4n) is 2.74. The topological polar surface area (TPSA) is 54.0 Å². The van der Waals surface area contributed by atoms with Crippen LogP contribution in [0.5, 0.6) is 0 Å². The molecule has 2 heterocycles. The molecular weight excluding hydrogens is 250 g/mol. The number of amides is 1. The third kappa shape index (κ3) is 2.39. The van der Waals surface area contributed by atoms with Crippen molar-refractivity contribution in [3.63, 3.8) is 0 Å². The summed E-state index contributed by atoms with van der Waals surface area (Å²) in [6.45, 7) is 3.76. The van der Waals surface area contributed by atoms with Gasteiger partial charge in [-0.05, 0) is 50.6 Å². The molecule has 0 radical (unpaired) electrons. The predicted molar refractivity (Wildman–Crippen MR) is 80.6 cm³/mol. The summed E-state index contributed by atoms with van der Waals surface area (Å²) in [5.74, 6) is 0.0843. The Balaban J connectivity index is 1.87. The van der Waals surface area contributed by atoms with Crippen molar-refractivity contribution >= 4 is 22.5 Å². The van der Waals surface area contributed by atoms with Crippen molar-refractivity contribution in [1.82, 2.24) is 10.3 Å². The van der Waals surface area contributed by atoms with Gasteiger partial charge in [0.25, 0.3) is 0 Å². The molecule has 0 saturated carbocycles. The number of hydrogen-bond acceptors (Lipinski definition) is 3. The third-order valence-electron chi connectivity index (χ3n) is 4.04. The maximum absolute atomic E-state index is 12.6. The number of carbonyl (C=O) groups is 1. The Morgan fingerprint density at radius 2 is 2.25 bits per heavy atom. The van der Waals surface area contributed by atoms with Crippen LogP contribution in [0.2, 0.25) is 0 Å². The fourth-order valence-corrected chi connectivity index (χ4v) is 2.74. The van der Waals surface area contributed by atoms with E-state index < -0.39 is 0 Å². The first-order valence-corrected chi connectivity index (χ1v) is 7.05. The van der Waals surface area contributed by atoms with Crippen molar-refractivity contribution in [3.05, 3.63) is 36.5 Å². The number of carbonyl (C=O) groups excluding carboxylic acids is 1. The van der Waals surface area contributed by atoms with Gasteiger partial charge in [0.2, 0.25) is 5.91 Å². The summed E-state index contributed by atoms with van der Waals surface area (Å²) >= 11 is 0. The van der Waals surface area contributed by atoms with Crippen molar-refractivity contribution in [2.24, 2.45) is 5.41 Å². The minimum atomic E-state index is -0.331. The van der Waals surface area contributed by atoms with E-state index in [9.17, 15) is 4.79 Å². The van der Waals surface area contributed by atoms with Crippen LogP contribution in [0.3, 0.4) is 0 Å². The molecular formula is C16H19N3O. The molecule has 104 valence electrons. The van der Waals surface area contributed by atoms with Crippen LogP contribution < -0.4 is 10.6 Å². The van der Waals surface area contributed by atoms with Gasteiger partial charge < -0.3 is 10.6 Å². The molecule has 2 N–H and O–H groups in total. The zero-order chi connectivity index (χ0) is 14.0. The van der Waals surface area contributed by atoms with Crippen LogP contribution in [0.1, 0.15) is 19.8 Å². The van der Waals surface area contributed by atoms with E-state index in [-0.39, 0.29) is 11.3 Å². The first-order valence-electron chi connectivity index (χ1n) is 7.05. The summed E-state index contributed by atoms with van der Waals surface area (Å²) in [7, 11) is 0. The zero-order valence-corrected chi connectivity index (χ0v) is 11.6. The van der Waals surface area contributed by atoms with E-state index in [2.05, 4.69) is 15.6 Å². The lowest BCUT2D eigenvalue weighted by Gasteiger charge is -2.32. The van der Waals surface area contributed by atoms with E-state index in [4.69, 9.17) is 0 Å². The Morgan fingerprint density at radius 1 is 1.35 bits per heavy atom. The largest absolute Gasteiger partial charge is 0.325 e. The lowest BCUT2D eigenvalue weighted by molar-refractivity contribution is -0.125. The Morgan fingerprint density at radius 3 is 3.05 bits per heavy atom. The Kier molecular flexibility index (Phi) is 3.40. The van der Waals surface area contributed by atoms with Crippen molar-refractivity contribution < 1.29 is 4.79 Å². The normalized spacial score (nSPS) is 22.6. The number of anilines is 1. The van der Waals surface area contributed by atoms with Gasteiger partial charge in [-0.3, -0.25) is 9.78 Å². The molecule has 1 saturated heterocycles. The highest BCUT2D eigenvalue weighted by atomic mass is 16.2. The SMILES string of the molecule is CC1(C(=O)Nc2cccc3ncccc23)CCCNC1. The zero-order valence-electron chi connectivity index (χ0n) is 11.6. The summed E-state index contributed by atoms with van der Waals surface area (Å²) in [5, 5.41) is 7.36. The molecule has 0 bridgehead atoms. The number of rotatable bonds is 2. The average molecular weight is 269 g/mol. The van der Waals surface area contributed by atoms with Crippen molar-refractivity contribution in [3.8, 4) is 0 Å². The lowest BCUT2D eigenvalue weighted by atomic mass is 9.82. The second-order valence-corrected chi connectivity index (χ2v) is 5.67. The number of pyridine rings is 1. The molecule has 1 aromatic carbocycles.